The molecule has 1 fully saturated rings. The second-order valence-electron chi connectivity index (χ2n) is 5.50. The third-order valence-corrected chi connectivity index (χ3v) is 3.95. The molecule has 4 heteroatoms. The van der Waals surface area contributed by atoms with Crippen LogP contribution in [0.2, 0.25) is 0 Å². The molecule has 2 rings (SSSR count). The number of amides is 1. The van der Waals surface area contributed by atoms with Crippen LogP contribution in [0.3, 0.4) is 0 Å². The van der Waals surface area contributed by atoms with E-state index in [0.717, 1.165) is 32.5 Å². The van der Waals surface area contributed by atoms with Gasteiger partial charge >= 0.3 is 0 Å². The van der Waals surface area contributed by atoms with Gasteiger partial charge in [-0.1, -0.05) is 37.3 Å². The molecule has 1 saturated heterocycles. The van der Waals surface area contributed by atoms with Crippen molar-refractivity contribution in [3.05, 3.63) is 35.9 Å². The topological polar surface area (TPSA) is 52.6 Å². The molecule has 0 aliphatic carbocycles. The first-order chi connectivity index (χ1) is 9.72. The van der Waals surface area contributed by atoms with Crippen LogP contribution in [0.25, 0.3) is 0 Å². The maximum atomic E-state index is 12.1. The number of nitrogens with zero attached hydrogens (tertiary/aromatic N) is 1. The molecule has 0 saturated carbocycles. The summed E-state index contributed by atoms with van der Waals surface area (Å²) in [5.74, 6) is 0.140. The van der Waals surface area contributed by atoms with Crippen LogP contribution in [0.4, 0.5) is 0 Å². The van der Waals surface area contributed by atoms with Crippen molar-refractivity contribution in [2.75, 3.05) is 19.7 Å². The molecule has 0 aromatic heterocycles. The van der Waals surface area contributed by atoms with E-state index in [4.69, 9.17) is 5.11 Å². The summed E-state index contributed by atoms with van der Waals surface area (Å²) in [6.07, 6.45) is 1.67. The summed E-state index contributed by atoms with van der Waals surface area (Å²) in [4.78, 5) is 14.4. The number of carbonyl (C=O) groups excluding carboxylic acids is 1. The van der Waals surface area contributed by atoms with Crippen LogP contribution in [0.15, 0.2) is 30.3 Å². The SMILES string of the molecule is CCC(CO)NC(=O)C1CCN(Cc2ccccc2)C1. The molecule has 1 aromatic rings. The zero-order valence-corrected chi connectivity index (χ0v) is 12.1. The number of aliphatic hydroxyl groups excluding tert-OH is 1. The van der Waals surface area contributed by atoms with Crippen LogP contribution in [0, 0.1) is 5.92 Å². The largest absolute Gasteiger partial charge is 0.394 e. The van der Waals surface area contributed by atoms with Gasteiger partial charge in [0.05, 0.1) is 18.6 Å². The average molecular weight is 276 g/mol. The predicted octanol–water partition coefficient (Wildman–Crippen LogP) is 1.40. The fraction of sp³-hybridized carbons (Fsp3) is 0.562. The minimum absolute atomic E-state index is 0.0166. The van der Waals surface area contributed by atoms with Crippen LogP contribution in [-0.2, 0) is 11.3 Å². The average Bonchev–Trinajstić information content (AvgIpc) is 2.94. The first kappa shape index (κ1) is 15.0. The molecule has 2 N–H and O–H groups in total. The lowest BCUT2D eigenvalue weighted by Gasteiger charge is -2.18. The fourth-order valence-corrected chi connectivity index (χ4v) is 2.63. The second kappa shape index (κ2) is 7.41. The standard InChI is InChI=1S/C16H24N2O2/c1-2-15(12-19)17-16(20)14-8-9-18(11-14)10-13-6-4-3-5-7-13/h3-7,14-15,19H,2,8-12H2,1H3,(H,17,20). The fourth-order valence-electron chi connectivity index (χ4n) is 2.63. The third-order valence-electron chi connectivity index (χ3n) is 3.95. The van der Waals surface area contributed by atoms with E-state index in [2.05, 4.69) is 22.3 Å². The highest BCUT2D eigenvalue weighted by Gasteiger charge is 2.28. The minimum Gasteiger partial charge on any atom is -0.394 e. The van der Waals surface area contributed by atoms with E-state index in [0.29, 0.717) is 0 Å². The second-order valence-corrected chi connectivity index (χ2v) is 5.50. The number of hydrogen-bond donors (Lipinski definition) is 2. The molecule has 2 unspecified atom stereocenters. The Balaban J connectivity index is 1.81. The highest BCUT2D eigenvalue weighted by molar-refractivity contribution is 5.79. The summed E-state index contributed by atoms with van der Waals surface area (Å²) in [5, 5.41) is 12.1. The van der Waals surface area contributed by atoms with Crippen molar-refractivity contribution in [3.8, 4) is 0 Å². The lowest BCUT2D eigenvalue weighted by Crippen LogP contribution is -2.41. The van der Waals surface area contributed by atoms with Gasteiger partial charge < -0.3 is 10.4 Å². The predicted molar refractivity (Wildman–Crippen MR) is 79.1 cm³/mol. The zero-order chi connectivity index (χ0) is 14.4. The van der Waals surface area contributed by atoms with E-state index >= 15 is 0 Å². The summed E-state index contributed by atoms with van der Waals surface area (Å²) >= 11 is 0. The summed E-state index contributed by atoms with van der Waals surface area (Å²) in [7, 11) is 0. The number of carbonyl (C=O) groups is 1. The molecule has 110 valence electrons. The van der Waals surface area contributed by atoms with Crippen LogP contribution in [-0.4, -0.2) is 41.7 Å². The summed E-state index contributed by atoms with van der Waals surface area (Å²) in [6, 6.07) is 10.2. The van der Waals surface area contributed by atoms with Gasteiger partial charge in [0.15, 0.2) is 0 Å². The maximum Gasteiger partial charge on any atom is 0.224 e. The Bertz CT molecular complexity index is 418. The Hall–Kier alpha value is -1.39. The maximum absolute atomic E-state index is 12.1. The summed E-state index contributed by atoms with van der Waals surface area (Å²) in [5.41, 5.74) is 1.29. The van der Waals surface area contributed by atoms with Crippen LogP contribution in [0.1, 0.15) is 25.3 Å². The zero-order valence-electron chi connectivity index (χ0n) is 12.1. The normalized spacial score (nSPS) is 20.8. The Kier molecular flexibility index (Phi) is 5.56. The van der Waals surface area contributed by atoms with Crippen LogP contribution < -0.4 is 5.32 Å². The lowest BCUT2D eigenvalue weighted by molar-refractivity contribution is -0.125. The van der Waals surface area contributed by atoms with Gasteiger partial charge in [0.25, 0.3) is 0 Å². The van der Waals surface area contributed by atoms with Crippen molar-refractivity contribution in [1.29, 1.82) is 0 Å². The van der Waals surface area contributed by atoms with Crippen molar-refractivity contribution >= 4 is 5.91 Å². The molecule has 1 aliphatic heterocycles. The van der Waals surface area contributed by atoms with Crippen molar-refractivity contribution in [1.82, 2.24) is 10.2 Å². The van der Waals surface area contributed by atoms with Crippen LogP contribution in [0.5, 0.6) is 0 Å². The van der Waals surface area contributed by atoms with Crippen molar-refractivity contribution in [2.45, 2.75) is 32.4 Å². The lowest BCUT2D eigenvalue weighted by atomic mass is 10.1. The van der Waals surface area contributed by atoms with Gasteiger partial charge in [-0.25, -0.2) is 0 Å². The van der Waals surface area contributed by atoms with Gasteiger partial charge in [-0.05, 0) is 24.9 Å². The minimum atomic E-state index is -0.106. The smallest absolute Gasteiger partial charge is 0.224 e. The molecule has 0 bridgehead atoms. The number of rotatable bonds is 6. The van der Waals surface area contributed by atoms with E-state index in [1.165, 1.54) is 5.56 Å². The van der Waals surface area contributed by atoms with Crippen molar-refractivity contribution < 1.29 is 9.90 Å². The highest BCUT2D eigenvalue weighted by atomic mass is 16.3. The molecule has 0 spiro atoms. The third kappa shape index (κ3) is 4.05. The Morgan fingerprint density at radius 2 is 2.20 bits per heavy atom. The Morgan fingerprint density at radius 1 is 1.45 bits per heavy atom. The molecular formula is C16H24N2O2. The van der Waals surface area contributed by atoms with Gasteiger partial charge in [-0.15, -0.1) is 0 Å². The molecule has 2 atom stereocenters. The van der Waals surface area contributed by atoms with E-state index in [1.807, 2.05) is 25.1 Å². The van der Waals surface area contributed by atoms with E-state index in [9.17, 15) is 4.79 Å². The van der Waals surface area contributed by atoms with E-state index in [1.54, 1.807) is 0 Å². The number of nitrogens with one attached hydrogen (secondary N) is 1. The van der Waals surface area contributed by atoms with Crippen molar-refractivity contribution in [3.63, 3.8) is 0 Å². The Morgan fingerprint density at radius 3 is 2.85 bits per heavy atom. The molecule has 0 radical (unpaired) electrons. The molecule has 20 heavy (non-hydrogen) atoms. The van der Waals surface area contributed by atoms with Crippen molar-refractivity contribution in [2.24, 2.45) is 5.92 Å². The molecule has 1 heterocycles. The quantitative estimate of drug-likeness (QED) is 0.825. The van der Waals surface area contributed by atoms with Gasteiger partial charge in [0.2, 0.25) is 5.91 Å². The van der Waals surface area contributed by atoms with Gasteiger partial charge in [0, 0.05) is 13.1 Å². The first-order valence-electron chi connectivity index (χ1n) is 7.40. The van der Waals surface area contributed by atoms with Crippen LogP contribution >= 0.6 is 0 Å². The first-order valence-corrected chi connectivity index (χ1v) is 7.40. The highest BCUT2D eigenvalue weighted by Crippen LogP contribution is 2.19. The number of benzene rings is 1. The van der Waals surface area contributed by atoms with E-state index in [-0.39, 0.29) is 24.5 Å². The van der Waals surface area contributed by atoms with E-state index < -0.39 is 0 Å². The van der Waals surface area contributed by atoms with Gasteiger partial charge in [-0.3, -0.25) is 9.69 Å². The number of hydrogen-bond acceptors (Lipinski definition) is 3. The summed E-state index contributed by atoms with van der Waals surface area (Å²) in [6.45, 7) is 4.66. The number of aliphatic hydroxyl groups is 1. The van der Waals surface area contributed by atoms with Gasteiger partial charge in [-0.2, -0.15) is 0 Å². The molecule has 1 amide bonds. The molecular weight excluding hydrogens is 252 g/mol. The van der Waals surface area contributed by atoms with Gasteiger partial charge in [0.1, 0.15) is 0 Å². The molecule has 1 aliphatic rings. The summed E-state index contributed by atoms with van der Waals surface area (Å²) < 4.78 is 0. The molecule has 4 nitrogen and oxygen atoms in total. The monoisotopic (exact) mass is 276 g/mol. The Labute approximate surface area is 120 Å². The molecule has 1 aromatic carbocycles. The number of likely N-dealkylation sites (tertiary alicyclic amines) is 1.